The number of hydrogen-bond donors (Lipinski definition) is 1. The molecule has 2 aromatic heterocycles. The molecule has 4 rings (SSSR count). The molecular weight excluding hydrogens is 458 g/mol. The Hall–Kier alpha value is -4.27. The van der Waals surface area contributed by atoms with Crippen molar-refractivity contribution < 1.29 is 19.0 Å². The monoisotopic (exact) mass is 489 g/mol. The summed E-state index contributed by atoms with van der Waals surface area (Å²) in [6.45, 7) is 9.76. The van der Waals surface area contributed by atoms with Crippen molar-refractivity contribution in [1.82, 2.24) is 19.6 Å². The Morgan fingerprint density at radius 1 is 0.917 bits per heavy atom. The highest BCUT2D eigenvalue weighted by Gasteiger charge is 2.12. The maximum atomic E-state index is 12.7. The third-order valence-corrected chi connectivity index (χ3v) is 5.40. The van der Waals surface area contributed by atoms with Crippen molar-refractivity contribution in [2.45, 2.75) is 41.0 Å². The van der Waals surface area contributed by atoms with Crippen molar-refractivity contribution in [3.05, 3.63) is 83.4 Å². The predicted octanol–water partition coefficient (Wildman–Crippen LogP) is 4.83. The molecule has 9 nitrogen and oxygen atoms in total. The number of aryl methyl sites for hydroxylation is 2. The molecule has 0 aliphatic carbocycles. The van der Waals surface area contributed by atoms with E-state index in [1.54, 1.807) is 34.0 Å². The summed E-state index contributed by atoms with van der Waals surface area (Å²) in [6, 6.07) is 13.5. The zero-order valence-corrected chi connectivity index (χ0v) is 21.0. The first-order chi connectivity index (χ1) is 17.4. The standard InChI is InChI=1S/C27H31N5O4/c1-5-34-25-10-8-21(14-26(25)35-6-2)16-32-17-22(15-28-32)29-27(33)23-11-12-31(30-23)18-36-24-9-7-19(3)13-20(24)4/h7-15,17H,5-6,16,18H2,1-4H3,(H,29,33). The third-order valence-electron chi connectivity index (χ3n) is 5.40. The Morgan fingerprint density at radius 3 is 2.47 bits per heavy atom. The predicted molar refractivity (Wildman–Crippen MR) is 137 cm³/mol. The summed E-state index contributed by atoms with van der Waals surface area (Å²) < 4.78 is 20.5. The number of nitrogens with one attached hydrogen (secondary N) is 1. The normalized spacial score (nSPS) is 10.8. The van der Waals surface area contributed by atoms with E-state index in [4.69, 9.17) is 14.2 Å². The molecule has 0 radical (unpaired) electrons. The van der Waals surface area contributed by atoms with E-state index in [1.807, 2.05) is 58.0 Å². The number of amides is 1. The van der Waals surface area contributed by atoms with Crippen molar-refractivity contribution in [1.29, 1.82) is 0 Å². The van der Waals surface area contributed by atoms with Crippen molar-refractivity contribution in [3.63, 3.8) is 0 Å². The van der Waals surface area contributed by atoms with Crippen LogP contribution in [0.2, 0.25) is 0 Å². The molecule has 0 spiro atoms. The van der Waals surface area contributed by atoms with Crippen LogP contribution in [-0.4, -0.2) is 38.7 Å². The highest BCUT2D eigenvalue weighted by atomic mass is 16.5. The summed E-state index contributed by atoms with van der Waals surface area (Å²) in [5.74, 6) is 1.89. The van der Waals surface area contributed by atoms with Gasteiger partial charge in [-0.3, -0.25) is 9.48 Å². The van der Waals surface area contributed by atoms with Crippen LogP contribution in [0.4, 0.5) is 5.69 Å². The molecule has 188 valence electrons. The van der Waals surface area contributed by atoms with Gasteiger partial charge in [0.2, 0.25) is 0 Å². The fourth-order valence-electron chi connectivity index (χ4n) is 3.74. The minimum absolute atomic E-state index is 0.209. The second kappa shape index (κ2) is 11.4. The minimum atomic E-state index is -0.320. The van der Waals surface area contributed by atoms with Crippen LogP contribution in [0, 0.1) is 13.8 Å². The summed E-state index contributed by atoms with van der Waals surface area (Å²) in [5.41, 5.74) is 4.11. The number of carbonyl (C=O) groups is 1. The lowest BCUT2D eigenvalue weighted by Gasteiger charge is -2.12. The van der Waals surface area contributed by atoms with Gasteiger partial charge in [0.1, 0.15) is 5.75 Å². The number of carbonyl (C=O) groups excluding carboxylic acids is 1. The molecule has 0 aliphatic rings. The fourth-order valence-corrected chi connectivity index (χ4v) is 3.74. The Morgan fingerprint density at radius 2 is 1.69 bits per heavy atom. The van der Waals surface area contributed by atoms with Gasteiger partial charge in [-0.15, -0.1) is 0 Å². The Balaban J connectivity index is 1.34. The van der Waals surface area contributed by atoms with Gasteiger partial charge in [0, 0.05) is 12.4 Å². The van der Waals surface area contributed by atoms with Crippen LogP contribution in [0.25, 0.3) is 0 Å². The average molecular weight is 490 g/mol. The van der Waals surface area contributed by atoms with Crippen LogP contribution in [0.15, 0.2) is 61.1 Å². The molecule has 2 aromatic carbocycles. The van der Waals surface area contributed by atoms with E-state index < -0.39 is 0 Å². The second-order valence-corrected chi connectivity index (χ2v) is 8.31. The number of benzene rings is 2. The number of nitrogens with zero attached hydrogens (tertiary/aromatic N) is 4. The molecule has 2 heterocycles. The van der Waals surface area contributed by atoms with Crippen molar-refractivity contribution in [3.8, 4) is 17.2 Å². The average Bonchev–Trinajstić information content (AvgIpc) is 3.50. The van der Waals surface area contributed by atoms with Crippen LogP contribution in [-0.2, 0) is 13.3 Å². The van der Waals surface area contributed by atoms with E-state index in [9.17, 15) is 4.79 Å². The van der Waals surface area contributed by atoms with E-state index in [0.29, 0.717) is 36.9 Å². The first-order valence-electron chi connectivity index (χ1n) is 11.9. The molecule has 0 saturated carbocycles. The van der Waals surface area contributed by atoms with Crippen molar-refractivity contribution >= 4 is 11.6 Å². The van der Waals surface area contributed by atoms with E-state index in [-0.39, 0.29) is 12.6 Å². The van der Waals surface area contributed by atoms with E-state index in [1.165, 1.54) is 5.56 Å². The number of aromatic nitrogens is 4. The van der Waals surface area contributed by atoms with Gasteiger partial charge in [-0.05, 0) is 63.1 Å². The summed E-state index contributed by atoms with van der Waals surface area (Å²) >= 11 is 0. The summed E-state index contributed by atoms with van der Waals surface area (Å²) in [6.07, 6.45) is 5.09. The second-order valence-electron chi connectivity index (χ2n) is 8.31. The molecule has 0 unspecified atom stereocenters. The van der Waals surface area contributed by atoms with Gasteiger partial charge >= 0.3 is 0 Å². The molecule has 36 heavy (non-hydrogen) atoms. The maximum Gasteiger partial charge on any atom is 0.276 e. The molecular formula is C27H31N5O4. The molecule has 1 amide bonds. The molecule has 0 fully saturated rings. The van der Waals surface area contributed by atoms with Gasteiger partial charge in [-0.25, -0.2) is 4.68 Å². The lowest BCUT2D eigenvalue weighted by molar-refractivity contribution is 0.102. The largest absolute Gasteiger partial charge is 0.490 e. The van der Waals surface area contributed by atoms with Crippen LogP contribution >= 0.6 is 0 Å². The topological polar surface area (TPSA) is 92.4 Å². The zero-order chi connectivity index (χ0) is 25.5. The van der Waals surface area contributed by atoms with E-state index in [2.05, 4.69) is 21.6 Å². The molecule has 0 atom stereocenters. The smallest absolute Gasteiger partial charge is 0.276 e. The maximum absolute atomic E-state index is 12.7. The van der Waals surface area contributed by atoms with Crippen LogP contribution in [0.1, 0.15) is 41.0 Å². The van der Waals surface area contributed by atoms with E-state index in [0.717, 1.165) is 22.6 Å². The molecule has 0 aliphatic heterocycles. The molecule has 0 bridgehead atoms. The lowest BCUT2D eigenvalue weighted by Crippen LogP contribution is -2.14. The van der Waals surface area contributed by atoms with Gasteiger partial charge < -0.3 is 19.5 Å². The fraction of sp³-hybridized carbons (Fsp3) is 0.296. The van der Waals surface area contributed by atoms with Gasteiger partial charge in [-0.1, -0.05) is 23.8 Å². The third kappa shape index (κ3) is 6.24. The number of anilines is 1. The SMILES string of the molecule is CCOc1ccc(Cn2cc(NC(=O)c3ccn(COc4ccc(C)cc4C)n3)cn2)cc1OCC. The minimum Gasteiger partial charge on any atom is -0.490 e. The molecule has 9 heteroatoms. The zero-order valence-electron chi connectivity index (χ0n) is 21.0. The lowest BCUT2D eigenvalue weighted by atomic mass is 10.1. The highest BCUT2D eigenvalue weighted by molar-refractivity contribution is 6.02. The van der Waals surface area contributed by atoms with Gasteiger partial charge in [0.15, 0.2) is 23.9 Å². The Labute approximate surface area is 210 Å². The highest BCUT2D eigenvalue weighted by Crippen LogP contribution is 2.29. The molecule has 0 saturated heterocycles. The van der Waals surface area contributed by atoms with Gasteiger partial charge in [0.05, 0.1) is 31.6 Å². The number of hydrogen-bond acceptors (Lipinski definition) is 6. The molecule has 4 aromatic rings. The van der Waals surface area contributed by atoms with Crippen molar-refractivity contribution in [2.75, 3.05) is 18.5 Å². The first kappa shape index (κ1) is 24.8. The Bertz CT molecular complexity index is 1330. The van der Waals surface area contributed by atoms with Crippen LogP contribution in [0.5, 0.6) is 17.2 Å². The Kier molecular flexibility index (Phi) is 7.89. The number of ether oxygens (including phenoxy) is 3. The van der Waals surface area contributed by atoms with Gasteiger partial charge in [0.25, 0.3) is 5.91 Å². The summed E-state index contributed by atoms with van der Waals surface area (Å²) in [4.78, 5) is 12.7. The van der Waals surface area contributed by atoms with Gasteiger partial charge in [-0.2, -0.15) is 10.2 Å². The molecule has 1 N–H and O–H groups in total. The number of rotatable bonds is 11. The quantitative estimate of drug-likeness (QED) is 0.324. The summed E-state index contributed by atoms with van der Waals surface area (Å²) in [5, 5.41) is 11.5. The summed E-state index contributed by atoms with van der Waals surface area (Å²) in [7, 11) is 0. The van der Waals surface area contributed by atoms with Crippen LogP contribution < -0.4 is 19.5 Å². The first-order valence-corrected chi connectivity index (χ1v) is 11.9. The van der Waals surface area contributed by atoms with Crippen molar-refractivity contribution in [2.24, 2.45) is 0 Å². The van der Waals surface area contributed by atoms with E-state index >= 15 is 0 Å². The van der Waals surface area contributed by atoms with Crippen LogP contribution in [0.3, 0.4) is 0 Å².